The fraction of sp³-hybridized carbons (Fsp3) is 0.560. The number of likely N-dealkylation sites (tertiary alicyclic amines) is 1. The van der Waals surface area contributed by atoms with Crippen molar-refractivity contribution in [3.63, 3.8) is 0 Å². The average Bonchev–Trinajstić information content (AvgIpc) is 3.11. The van der Waals surface area contributed by atoms with E-state index in [4.69, 9.17) is 0 Å². The Bertz CT molecular complexity index is 1050. The maximum atomic E-state index is 13.0. The predicted octanol–water partition coefficient (Wildman–Crippen LogP) is 5.48. The number of piperidine rings is 1. The van der Waals surface area contributed by atoms with Gasteiger partial charge in [-0.15, -0.1) is 11.3 Å². The summed E-state index contributed by atoms with van der Waals surface area (Å²) >= 11 is 1.44. The molecule has 1 aliphatic carbocycles. The first-order valence-corrected chi connectivity index (χ1v) is 12.4. The van der Waals surface area contributed by atoms with Crippen LogP contribution in [-0.4, -0.2) is 34.8 Å². The van der Waals surface area contributed by atoms with E-state index in [1.807, 2.05) is 4.90 Å². The van der Waals surface area contributed by atoms with Crippen LogP contribution in [0.1, 0.15) is 73.1 Å². The number of benzene rings is 1. The fourth-order valence-electron chi connectivity index (χ4n) is 5.01. The Kier molecular flexibility index (Phi) is 6.29. The Morgan fingerprint density at radius 3 is 2.21 bits per heavy atom. The SMILES string of the molecule is CC1(C)C(C(=O)N2CCC(c3nc(C(=O)NCc4ccc(C(F)(F)F)cc4)cs3)CC2)C1(C)C. The number of nitrogens with zero attached hydrogens (tertiary/aromatic N) is 2. The number of aromatic nitrogens is 1. The van der Waals surface area contributed by atoms with Crippen LogP contribution < -0.4 is 5.32 Å². The third-order valence-electron chi connectivity index (χ3n) is 7.91. The van der Waals surface area contributed by atoms with Gasteiger partial charge in [0.1, 0.15) is 5.69 Å². The van der Waals surface area contributed by atoms with Crippen molar-refractivity contribution in [1.29, 1.82) is 0 Å². The molecule has 184 valence electrons. The summed E-state index contributed by atoms with van der Waals surface area (Å²) in [5.41, 5.74) is 0.226. The lowest BCUT2D eigenvalue weighted by Crippen LogP contribution is -2.40. The summed E-state index contributed by atoms with van der Waals surface area (Å²) in [6, 6.07) is 4.72. The lowest BCUT2D eigenvalue weighted by Gasteiger charge is -2.31. The molecule has 1 N–H and O–H groups in total. The summed E-state index contributed by atoms with van der Waals surface area (Å²) < 4.78 is 38.0. The van der Waals surface area contributed by atoms with Crippen molar-refractivity contribution in [3.8, 4) is 0 Å². The van der Waals surface area contributed by atoms with Gasteiger partial charge in [-0.25, -0.2) is 4.98 Å². The molecule has 2 fully saturated rings. The second-order valence-corrected chi connectivity index (χ2v) is 11.3. The second-order valence-electron chi connectivity index (χ2n) is 10.4. The first-order chi connectivity index (χ1) is 15.8. The van der Waals surface area contributed by atoms with E-state index in [-0.39, 0.29) is 41.0 Å². The van der Waals surface area contributed by atoms with Gasteiger partial charge in [-0.2, -0.15) is 13.2 Å². The van der Waals surface area contributed by atoms with Crippen LogP contribution in [0.3, 0.4) is 0 Å². The van der Waals surface area contributed by atoms with E-state index < -0.39 is 11.7 Å². The number of halogens is 3. The molecule has 0 spiro atoms. The number of amides is 2. The summed E-state index contributed by atoms with van der Waals surface area (Å²) in [5.74, 6) is 0.172. The van der Waals surface area contributed by atoms with Crippen molar-refractivity contribution in [3.05, 3.63) is 51.5 Å². The van der Waals surface area contributed by atoms with Crippen LogP contribution in [0.2, 0.25) is 0 Å². The summed E-state index contributed by atoms with van der Waals surface area (Å²) in [4.78, 5) is 32.0. The number of nitrogens with one attached hydrogen (secondary N) is 1. The molecule has 4 rings (SSSR count). The summed E-state index contributed by atoms with van der Waals surface area (Å²) in [7, 11) is 0. The summed E-state index contributed by atoms with van der Waals surface area (Å²) in [6.07, 6.45) is -2.74. The van der Waals surface area contributed by atoms with Gasteiger partial charge in [0.15, 0.2) is 0 Å². The van der Waals surface area contributed by atoms with Crippen LogP contribution in [0.25, 0.3) is 0 Å². The number of rotatable bonds is 5. The minimum Gasteiger partial charge on any atom is -0.347 e. The van der Waals surface area contributed by atoms with E-state index in [9.17, 15) is 22.8 Å². The van der Waals surface area contributed by atoms with E-state index in [0.717, 1.165) is 30.0 Å². The molecular weight excluding hydrogens is 463 g/mol. The van der Waals surface area contributed by atoms with Crippen molar-refractivity contribution < 1.29 is 22.8 Å². The van der Waals surface area contributed by atoms with Gasteiger partial charge in [0, 0.05) is 36.9 Å². The molecule has 1 aromatic heterocycles. The standard InChI is InChI=1S/C25H30F3N3O2S/c1-23(2)19(24(23,3)4)22(33)31-11-9-16(10-12-31)21-30-18(14-34-21)20(32)29-13-15-5-7-17(8-6-15)25(26,27)28/h5-8,14,16,19H,9-13H2,1-4H3,(H,29,32). The van der Waals surface area contributed by atoms with Gasteiger partial charge < -0.3 is 10.2 Å². The maximum absolute atomic E-state index is 13.0. The Hall–Kier alpha value is -2.42. The van der Waals surface area contributed by atoms with Gasteiger partial charge >= 0.3 is 6.18 Å². The smallest absolute Gasteiger partial charge is 0.347 e. The van der Waals surface area contributed by atoms with Crippen molar-refractivity contribution in [2.45, 2.75) is 59.2 Å². The lowest BCUT2D eigenvalue weighted by atomic mass is 9.96. The molecule has 0 atom stereocenters. The largest absolute Gasteiger partial charge is 0.416 e. The van der Waals surface area contributed by atoms with Gasteiger partial charge in [0.05, 0.1) is 10.6 Å². The Balaban J connectivity index is 1.28. The Morgan fingerprint density at radius 2 is 1.68 bits per heavy atom. The van der Waals surface area contributed by atoms with E-state index in [1.165, 1.54) is 23.5 Å². The van der Waals surface area contributed by atoms with E-state index in [1.54, 1.807) is 5.38 Å². The second kappa shape index (κ2) is 8.66. The topological polar surface area (TPSA) is 62.3 Å². The highest BCUT2D eigenvalue weighted by molar-refractivity contribution is 7.09. The molecular formula is C25H30F3N3O2S. The maximum Gasteiger partial charge on any atom is 0.416 e. The molecule has 2 aromatic rings. The third-order valence-corrected chi connectivity index (χ3v) is 8.92. The van der Waals surface area contributed by atoms with Crippen LogP contribution in [-0.2, 0) is 17.5 Å². The monoisotopic (exact) mass is 493 g/mol. The molecule has 0 unspecified atom stereocenters. The van der Waals surface area contributed by atoms with Crippen LogP contribution in [0.4, 0.5) is 13.2 Å². The van der Waals surface area contributed by atoms with Gasteiger partial charge in [-0.3, -0.25) is 9.59 Å². The fourth-order valence-corrected chi connectivity index (χ4v) is 5.98. The molecule has 1 aliphatic heterocycles. The van der Waals surface area contributed by atoms with E-state index >= 15 is 0 Å². The van der Waals surface area contributed by atoms with Gasteiger partial charge in [0.25, 0.3) is 5.91 Å². The van der Waals surface area contributed by atoms with Crippen LogP contribution >= 0.6 is 11.3 Å². The van der Waals surface area contributed by atoms with Crippen molar-refractivity contribution >= 4 is 23.2 Å². The lowest BCUT2D eigenvalue weighted by molar-refractivity contribution is -0.137. The van der Waals surface area contributed by atoms with E-state index in [0.29, 0.717) is 24.3 Å². The van der Waals surface area contributed by atoms with Crippen molar-refractivity contribution in [2.75, 3.05) is 13.1 Å². The van der Waals surface area contributed by atoms with Crippen molar-refractivity contribution in [1.82, 2.24) is 15.2 Å². The number of carbonyl (C=O) groups is 2. The zero-order valence-electron chi connectivity index (χ0n) is 19.8. The molecule has 2 amide bonds. The van der Waals surface area contributed by atoms with Crippen LogP contribution in [0.5, 0.6) is 0 Å². The first kappa shape index (κ1) is 24.7. The van der Waals surface area contributed by atoms with Crippen LogP contribution in [0.15, 0.2) is 29.6 Å². The Morgan fingerprint density at radius 1 is 1.09 bits per heavy atom. The van der Waals surface area contributed by atoms with Crippen LogP contribution in [0, 0.1) is 16.7 Å². The zero-order chi connectivity index (χ0) is 24.9. The number of hydrogen-bond acceptors (Lipinski definition) is 4. The first-order valence-electron chi connectivity index (χ1n) is 11.5. The minimum absolute atomic E-state index is 0.0267. The van der Waals surface area contributed by atoms with Gasteiger partial charge in [-0.05, 0) is 41.4 Å². The molecule has 2 aliphatic rings. The molecule has 1 aromatic carbocycles. The number of thiazole rings is 1. The van der Waals surface area contributed by atoms with Gasteiger partial charge in [0.2, 0.25) is 5.91 Å². The average molecular weight is 494 g/mol. The summed E-state index contributed by atoms with van der Waals surface area (Å²) in [6.45, 7) is 10.1. The molecule has 34 heavy (non-hydrogen) atoms. The quantitative estimate of drug-likeness (QED) is 0.600. The minimum atomic E-state index is -4.38. The predicted molar refractivity (Wildman–Crippen MR) is 124 cm³/mol. The number of hydrogen-bond donors (Lipinski definition) is 1. The zero-order valence-corrected chi connectivity index (χ0v) is 20.6. The number of carbonyl (C=O) groups excluding carboxylic acids is 2. The highest BCUT2D eigenvalue weighted by atomic mass is 32.1. The normalized spacial score (nSPS) is 20.3. The van der Waals surface area contributed by atoms with Gasteiger partial charge in [-0.1, -0.05) is 39.8 Å². The highest BCUT2D eigenvalue weighted by Gasteiger charge is 2.68. The Labute approximate surface area is 201 Å². The molecule has 1 saturated carbocycles. The molecule has 9 heteroatoms. The number of alkyl halides is 3. The molecule has 0 radical (unpaired) electrons. The van der Waals surface area contributed by atoms with E-state index in [2.05, 4.69) is 38.0 Å². The molecule has 5 nitrogen and oxygen atoms in total. The summed E-state index contributed by atoms with van der Waals surface area (Å²) in [5, 5.41) is 5.32. The molecule has 1 saturated heterocycles. The third kappa shape index (κ3) is 4.59. The molecule has 0 bridgehead atoms. The molecule has 2 heterocycles. The highest BCUT2D eigenvalue weighted by Crippen LogP contribution is 2.68. The van der Waals surface area contributed by atoms with Crippen molar-refractivity contribution in [2.24, 2.45) is 16.7 Å².